The van der Waals surface area contributed by atoms with Crippen molar-refractivity contribution < 1.29 is 39.0 Å². The molecule has 0 saturated heterocycles. The van der Waals surface area contributed by atoms with Crippen LogP contribution in [0.4, 0.5) is 0 Å². The second kappa shape index (κ2) is 16.7. The summed E-state index contributed by atoms with van der Waals surface area (Å²) in [7, 11) is 0. The van der Waals surface area contributed by atoms with Crippen LogP contribution in [0.25, 0.3) is 0 Å². The van der Waals surface area contributed by atoms with E-state index in [2.05, 4.69) is 20.9 Å². The van der Waals surface area contributed by atoms with Gasteiger partial charge in [0.05, 0.1) is 12.5 Å². The van der Waals surface area contributed by atoms with Crippen LogP contribution in [0.2, 0.25) is 0 Å². The molecule has 4 atom stereocenters. The van der Waals surface area contributed by atoms with Crippen LogP contribution in [0.3, 0.4) is 0 Å². The zero-order valence-corrected chi connectivity index (χ0v) is 20.9. The maximum Gasteiger partial charge on any atom is 0.326 e. The fraction of sp³-hybridized carbons (Fsp3) is 0.667. The number of hydrogen-bond donors (Lipinski definition) is 9. The molecule has 0 saturated carbocycles. The number of guanidine groups is 1. The summed E-state index contributed by atoms with van der Waals surface area (Å²) in [5, 5.41) is 25.4. The van der Waals surface area contributed by atoms with Crippen molar-refractivity contribution in [2.24, 2.45) is 33.8 Å². The number of rotatable bonds is 18. The standard InChI is InChI=1S/C21H38N8O8/c1-10(2)8-14(19(35)28-13(20(36)37)4-3-7-26-21(24)25)29-18(34)12(5-6-15(23)30)27-17(33)11(22)9-16(31)32/h10-14H,3-9,22H2,1-2H3,(H2,23,30)(H,27,33)(H,28,35)(H,29,34)(H,31,32)(H,36,37)(H4,24,25,26). The molecule has 0 spiro atoms. The van der Waals surface area contributed by atoms with Crippen LogP contribution >= 0.6 is 0 Å². The lowest BCUT2D eigenvalue weighted by Crippen LogP contribution is -2.57. The highest BCUT2D eigenvalue weighted by atomic mass is 16.4. The predicted octanol–water partition coefficient (Wildman–Crippen LogP) is -3.31. The summed E-state index contributed by atoms with van der Waals surface area (Å²) in [5.74, 6) is -6.25. The van der Waals surface area contributed by atoms with Gasteiger partial charge in [-0.3, -0.25) is 29.0 Å². The minimum Gasteiger partial charge on any atom is -0.481 e. The minimum atomic E-state index is -1.47. The van der Waals surface area contributed by atoms with Crippen molar-refractivity contribution in [3.8, 4) is 0 Å². The number of carboxylic acids is 2. The van der Waals surface area contributed by atoms with Gasteiger partial charge in [0.25, 0.3) is 0 Å². The number of nitrogens with one attached hydrogen (secondary N) is 3. The largest absolute Gasteiger partial charge is 0.481 e. The van der Waals surface area contributed by atoms with E-state index < -0.39 is 66.2 Å². The van der Waals surface area contributed by atoms with E-state index in [4.69, 9.17) is 28.0 Å². The van der Waals surface area contributed by atoms with Gasteiger partial charge in [-0.15, -0.1) is 0 Å². The first-order chi connectivity index (χ1) is 17.1. The van der Waals surface area contributed by atoms with E-state index in [0.717, 1.165) is 0 Å². The summed E-state index contributed by atoms with van der Waals surface area (Å²) < 4.78 is 0. The monoisotopic (exact) mass is 530 g/mol. The van der Waals surface area contributed by atoms with Crippen molar-refractivity contribution in [3.63, 3.8) is 0 Å². The maximum atomic E-state index is 13.0. The van der Waals surface area contributed by atoms with Crippen molar-refractivity contribution in [2.45, 2.75) is 76.5 Å². The summed E-state index contributed by atoms with van der Waals surface area (Å²) in [5.41, 5.74) is 21.1. The van der Waals surface area contributed by atoms with Crippen molar-refractivity contribution in [1.82, 2.24) is 16.0 Å². The number of nitrogens with zero attached hydrogens (tertiary/aromatic N) is 1. The van der Waals surface area contributed by atoms with Crippen molar-refractivity contribution >= 4 is 41.5 Å². The fourth-order valence-electron chi connectivity index (χ4n) is 3.12. The number of aliphatic imine (C=N–C) groups is 1. The van der Waals surface area contributed by atoms with E-state index >= 15 is 0 Å². The number of primary amides is 1. The molecule has 0 aliphatic carbocycles. The average molecular weight is 531 g/mol. The van der Waals surface area contributed by atoms with E-state index in [1.54, 1.807) is 13.8 Å². The van der Waals surface area contributed by atoms with Gasteiger partial charge in [-0.2, -0.15) is 0 Å². The molecule has 0 aromatic heterocycles. The third-order valence-corrected chi connectivity index (χ3v) is 4.94. The van der Waals surface area contributed by atoms with Crippen LogP contribution in [-0.4, -0.2) is 82.5 Å². The van der Waals surface area contributed by atoms with E-state index in [1.165, 1.54) is 0 Å². The molecule has 0 bridgehead atoms. The summed E-state index contributed by atoms with van der Waals surface area (Å²) in [6.07, 6.45) is -0.857. The maximum absolute atomic E-state index is 13.0. The van der Waals surface area contributed by atoms with Crippen molar-refractivity contribution in [2.75, 3.05) is 6.54 Å². The van der Waals surface area contributed by atoms with Crippen LogP contribution in [0, 0.1) is 5.92 Å². The molecule has 0 aliphatic heterocycles. The highest BCUT2D eigenvalue weighted by molar-refractivity contribution is 5.95. The predicted molar refractivity (Wildman–Crippen MR) is 131 cm³/mol. The lowest BCUT2D eigenvalue weighted by molar-refractivity contribution is -0.142. The Kier molecular flexibility index (Phi) is 14.9. The molecular weight excluding hydrogens is 492 g/mol. The molecule has 16 nitrogen and oxygen atoms in total. The van der Waals surface area contributed by atoms with Gasteiger partial charge in [0.1, 0.15) is 18.1 Å². The van der Waals surface area contributed by atoms with Gasteiger partial charge >= 0.3 is 11.9 Å². The van der Waals surface area contributed by atoms with E-state index in [0.29, 0.717) is 0 Å². The molecule has 0 aliphatic rings. The first kappa shape index (κ1) is 33.0. The van der Waals surface area contributed by atoms with Crippen LogP contribution in [0.15, 0.2) is 4.99 Å². The number of amides is 4. The first-order valence-electron chi connectivity index (χ1n) is 11.6. The Morgan fingerprint density at radius 2 is 1.35 bits per heavy atom. The molecule has 0 aromatic carbocycles. The Morgan fingerprint density at radius 3 is 1.84 bits per heavy atom. The highest BCUT2D eigenvalue weighted by Gasteiger charge is 2.31. The molecule has 37 heavy (non-hydrogen) atoms. The molecule has 4 amide bonds. The van der Waals surface area contributed by atoms with E-state index in [-0.39, 0.29) is 50.5 Å². The molecular formula is C21H38N8O8. The van der Waals surface area contributed by atoms with Gasteiger partial charge in [-0.25, -0.2) is 4.79 Å². The quantitative estimate of drug-likeness (QED) is 0.0480. The molecule has 4 unspecified atom stereocenters. The molecule has 0 heterocycles. The summed E-state index contributed by atoms with van der Waals surface area (Å²) in [6, 6.07) is -5.30. The van der Waals surface area contributed by atoms with Crippen LogP contribution in [0.5, 0.6) is 0 Å². The molecule has 16 heteroatoms. The summed E-state index contributed by atoms with van der Waals surface area (Å²) in [6.45, 7) is 3.70. The topological polar surface area (TPSA) is 295 Å². The molecule has 0 aromatic rings. The molecule has 210 valence electrons. The third-order valence-electron chi connectivity index (χ3n) is 4.94. The van der Waals surface area contributed by atoms with Crippen LogP contribution in [-0.2, 0) is 28.8 Å². The Hall–Kier alpha value is -3.95. The Balaban J connectivity index is 5.55. The van der Waals surface area contributed by atoms with Gasteiger partial charge in [-0.05, 0) is 31.6 Å². The van der Waals surface area contributed by atoms with Gasteiger partial charge < -0.3 is 49.1 Å². The highest BCUT2D eigenvalue weighted by Crippen LogP contribution is 2.09. The molecule has 0 rings (SSSR count). The Morgan fingerprint density at radius 1 is 0.811 bits per heavy atom. The Bertz CT molecular complexity index is 859. The van der Waals surface area contributed by atoms with E-state index in [9.17, 15) is 33.9 Å². The second-order valence-electron chi connectivity index (χ2n) is 8.81. The number of carboxylic acid groups (broad SMARTS) is 2. The number of carbonyl (C=O) groups excluding carboxylic acids is 4. The molecule has 13 N–H and O–H groups in total. The SMILES string of the molecule is CC(C)CC(NC(=O)C(CCC(N)=O)NC(=O)C(N)CC(=O)O)C(=O)NC(CCCN=C(N)N)C(=O)O. The number of nitrogens with two attached hydrogens (primary N) is 4. The normalized spacial score (nSPS) is 13.9. The number of aliphatic carboxylic acids is 2. The fourth-order valence-corrected chi connectivity index (χ4v) is 3.12. The minimum absolute atomic E-state index is 0.0129. The number of hydrogen-bond acceptors (Lipinski definition) is 8. The van der Waals surface area contributed by atoms with Crippen molar-refractivity contribution in [3.05, 3.63) is 0 Å². The smallest absolute Gasteiger partial charge is 0.326 e. The van der Waals surface area contributed by atoms with Gasteiger partial charge in [-0.1, -0.05) is 13.8 Å². The average Bonchev–Trinajstić information content (AvgIpc) is 2.76. The van der Waals surface area contributed by atoms with Gasteiger partial charge in [0.15, 0.2) is 5.96 Å². The second-order valence-corrected chi connectivity index (χ2v) is 8.81. The zero-order chi connectivity index (χ0) is 28.7. The van der Waals surface area contributed by atoms with Gasteiger partial charge in [0.2, 0.25) is 23.6 Å². The van der Waals surface area contributed by atoms with E-state index in [1.807, 2.05) is 0 Å². The molecule has 0 radical (unpaired) electrons. The lowest BCUT2D eigenvalue weighted by atomic mass is 10.0. The first-order valence-corrected chi connectivity index (χ1v) is 11.6. The summed E-state index contributed by atoms with van der Waals surface area (Å²) >= 11 is 0. The third kappa shape index (κ3) is 14.9. The van der Waals surface area contributed by atoms with Crippen LogP contribution < -0.4 is 38.9 Å². The van der Waals surface area contributed by atoms with Crippen LogP contribution in [0.1, 0.15) is 52.4 Å². The molecule has 0 fully saturated rings. The summed E-state index contributed by atoms with van der Waals surface area (Å²) in [4.78, 5) is 75.5. The lowest BCUT2D eigenvalue weighted by Gasteiger charge is -2.26. The van der Waals surface area contributed by atoms with Crippen molar-refractivity contribution in [1.29, 1.82) is 0 Å². The number of carbonyl (C=O) groups is 6. The Labute approximate surface area is 214 Å². The zero-order valence-electron chi connectivity index (χ0n) is 20.9. The van der Waals surface area contributed by atoms with Gasteiger partial charge in [0, 0.05) is 13.0 Å².